The second-order valence-electron chi connectivity index (χ2n) is 4.48. The highest BCUT2D eigenvalue weighted by molar-refractivity contribution is 5.35. The second kappa shape index (κ2) is 5.03. The van der Waals surface area contributed by atoms with E-state index in [0.29, 0.717) is 6.07 Å². The molecule has 1 rings (SSSR count). The molecule has 0 aliphatic heterocycles. The molecule has 0 fully saturated rings. The van der Waals surface area contributed by atoms with Crippen LogP contribution in [-0.4, -0.2) is 25.2 Å². The number of hydrogen-bond donors (Lipinski definition) is 0. The average Bonchev–Trinajstić information content (AvgIpc) is 2.11. The van der Waals surface area contributed by atoms with Gasteiger partial charge in [0.15, 0.2) is 0 Å². The van der Waals surface area contributed by atoms with E-state index in [2.05, 4.69) is 0 Å². The highest BCUT2D eigenvalue weighted by Crippen LogP contribution is 2.39. The Kier molecular flexibility index (Phi) is 4.19. The SMILES string of the molecule is Cc1cc(C(N(C)C)C(F)(F)F)ccc1C(F)(F)F. The Balaban J connectivity index is 3.26. The van der Waals surface area contributed by atoms with Gasteiger partial charge >= 0.3 is 12.4 Å². The minimum Gasteiger partial charge on any atom is -0.295 e. The molecule has 0 aromatic heterocycles. The van der Waals surface area contributed by atoms with Crippen LogP contribution in [0.2, 0.25) is 0 Å². The van der Waals surface area contributed by atoms with Crippen molar-refractivity contribution in [1.29, 1.82) is 0 Å². The monoisotopic (exact) mass is 285 g/mol. The van der Waals surface area contributed by atoms with Crippen molar-refractivity contribution in [2.24, 2.45) is 0 Å². The molecule has 0 amide bonds. The van der Waals surface area contributed by atoms with Gasteiger partial charge in [-0.2, -0.15) is 26.3 Å². The first-order valence-electron chi connectivity index (χ1n) is 5.35. The van der Waals surface area contributed by atoms with E-state index in [1.165, 1.54) is 14.1 Å². The molecule has 0 heterocycles. The summed E-state index contributed by atoms with van der Waals surface area (Å²) in [6, 6.07) is 0.565. The highest BCUT2D eigenvalue weighted by Gasteiger charge is 2.43. The maximum absolute atomic E-state index is 12.9. The fourth-order valence-electron chi connectivity index (χ4n) is 1.95. The summed E-state index contributed by atoms with van der Waals surface area (Å²) in [6.07, 6.45) is -9.11. The summed E-state index contributed by atoms with van der Waals surface area (Å²) in [5.74, 6) is 0. The fraction of sp³-hybridized carbons (Fsp3) is 0.500. The lowest BCUT2D eigenvalue weighted by molar-refractivity contribution is -0.179. The van der Waals surface area contributed by atoms with Crippen LogP contribution in [0.3, 0.4) is 0 Å². The summed E-state index contributed by atoms with van der Waals surface area (Å²) in [5, 5.41) is 0. The Morgan fingerprint density at radius 2 is 1.53 bits per heavy atom. The predicted octanol–water partition coefficient (Wildman–Crippen LogP) is 4.18. The molecule has 1 aromatic carbocycles. The Morgan fingerprint density at radius 1 is 1.00 bits per heavy atom. The lowest BCUT2D eigenvalue weighted by Gasteiger charge is -2.27. The molecule has 0 bridgehead atoms. The molecule has 108 valence electrons. The number of halogens is 6. The zero-order valence-corrected chi connectivity index (χ0v) is 10.5. The molecular weight excluding hydrogens is 272 g/mol. The minimum absolute atomic E-state index is 0.206. The predicted molar refractivity (Wildman–Crippen MR) is 58.7 cm³/mol. The average molecular weight is 285 g/mol. The normalized spacial score (nSPS) is 14.8. The molecule has 0 spiro atoms. The van der Waals surface area contributed by atoms with Crippen molar-refractivity contribution >= 4 is 0 Å². The van der Waals surface area contributed by atoms with Gasteiger partial charge in [0.25, 0.3) is 0 Å². The van der Waals surface area contributed by atoms with Gasteiger partial charge in [0.2, 0.25) is 0 Å². The van der Waals surface area contributed by atoms with Crippen molar-refractivity contribution < 1.29 is 26.3 Å². The van der Waals surface area contributed by atoms with Gasteiger partial charge < -0.3 is 0 Å². The van der Waals surface area contributed by atoms with E-state index >= 15 is 0 Å². The third kappa shape index (κ3) is 3.62. The molecule has 1 aromatic rings. The van der Waals surface area contributed by atoms with E-state index in [1.807, 2.05) is 0 Å². The second-order valence-corrected chi connectivity index (χ2v) is 4.48. The molecule has 0 aliphatic carbocycles. The van der Waals surface area contributed by atoms with Crippen LogP contribution in [0.1, 0.15) is 22.7 Å². The van der Waals surface area contributed by atoms with Crippen LogP contribution in [0.25, 0.3) is 0 Å². The quantitative estimate of drug-likeness (QED) is 0.737. The largest absolute Gasteiger partial charge is 0.416 e. The van der Waals surface area contributed by atoms with Gasteiger partial charge in [0.05, 0.1) is 5.56 Å². The van der Waals surface area contributed by atoms with Crippen LogP contribution < -0.4 is 0 Å². The number of benzene rings is 1. The van der Waals surface area contributed by atoms with Crippen molar-refractivity contribution in [1.82, 2.24) is 4.90 Å². The zero-order valence-electron chi connectivity index (χ0n) is 10.5. The number of hydrogen-bond acceptors (Lipinski definition) is 1. The standard InChI is InChI=1S/C12H13F6N/c1-7-6-8(4-5-9(7)11(13,14)15)10(19(2)3)12(16,17)18/h4-6,10H,1-3H3. The Morgan fingerprint density at radius 3 is 1.84 bits per heavy atom. The smallest absolute Gasteiger partial charge is 0.295 e. The van der Waals surface area contributed by atoms with Gasteiger partial charge in [0, 0.05) is 0 Å². The molecule has 0 radical (unpaired) electrons. The van der Waals surface area contributed by atoms with Crippen molar-refractivity contribution in [3.05, 3.63) is 34.9 Å². The number of nitrogens with zero attached hydrogens (tertiary/aromatic N) is 1. The first-order chi connectivity index (χ1) is 8.44. The molecule has 1 nitrogen and oxygen atoms in total. The van der Waals surface area contributed by atoms with Gasteiger partial charge in [-0.1, -0.05) is 12.1 Å². The number of rotatable bonds is 2. The molecule has 0 N–H and O–H groups in total. The Labute approximate surface area is 106 Å². The molecule has 7 heteroatoms. The molecule has 1 unspecified atom stereocenters. The van der Waals surface area contributed by atoms with Crippen LogP contribution in [0.5, 0.6) is 0 Å². The van der Waals surface area contributed by atoms with E-state index < -0.39 is 24.0 Å². The van der Waals surface area contributed by atoms with Crippen LogP contribution in [-0.2, 0) is 6.18 Å². The van der Waals surface area contributed by atoms with Gasteiger partial charge in [-0.3, -0.25) is 4.90 Å². The Hall–Kier alpha value is -1.24. The van der Waals surface area contributed by atoms with Crippen LogP contribution in [0.15, 0.2) is 18.2 Å². The minimum atomic E-state index is -4.56. The van der Waals surface area contributed by atoms with E-state index in [9.17, 15) is 26.3 Å². The zero-order chi connectivity index (χ0) is 15.0. The van der Waals surface area contributed by atoms with E-state index in [-0.39, 0.29) is 11.1 Å². The van der Waals surface area contributed by atoms with Gasteiger partial charge in [-0.15, -0.1) is 0 Å². The fourth-order valence-corrected chi connectivity index (χ4v) is 1.95. The topological polar surface area (TPSA) is 3.24 Å². The lowest BCUT2D eigenvalue weighted by Crippen LogP contribution is -2.33. The van der Waals surface area contributed by atoms with E-state index in [0.717, 1.165) is 24.0 Å². The van der Waals surface area contributed by atoms with Crippen molar-refractivity contribution in [2.75, 3.05) is 14.1 Å². The van der Waals surface area contributed by atoms with Crippen LogP contribution >= 0.6 is 0 Å². The van der Waals surface area contributed by atoms with Crippen molar-refractivity contribution in [3.63, 3.8) is 0 Å². The summed E-state index contributed by atoms with van der Waals surface area (Å²) in [4.78, 5) is 0.919. The summed E-state index contributed by atoms with van der Waals surface area (Å²) >= 11 is 0. The Bertz CT molecular complexity index is 447. The third-order valence-electron chi connectivity index (χ3n) is 2.70. The molecule has 0 aliphatic rings. The van der Waals surface area contributed by atoms with Crippen molar-refractivity contribution in [2.45, 2.75) is 25.3 Å². The molecular formula is C12H13F6N. The summed E-state index contributed by atoms with van der Waals surface area (Å²) < 4.78 is 76.2. The van der Waals surface area contributed by atoms with Gasteiger partial charge in [-0.05, 0) is 38.2 Å². The molecule has 1 atom stereocenters. The van der Waals surface area contributed by atoms with E-state index in [1.54, 1.807) is 0 Å². The lowest BCUT2D eigenvalue weighted by atomic mass is 9.99. The number of alkyl halides is 6. The maximum Gasteiger partial charge on any atom is 0.416 e. The van der Waals surface area contributed by atoms with Crippen LogP contribution in [0.4, 0.5) is 26.3 Å². The maximum atomic E-state index is 12.9. The molecule has 0 saturated heterocycles. The molecule has 19 heavy (non-hydrogen) atoms. The van der Waals surface area contributed by atoms with Gasteiger partial charge in [0.1, 0.15) is 6.04 Å². The first kappa shape index (κ1) is 15.8. The number of aryl methyl sites for hydroxylation is 1. The summed E-state index contributed by atoms with van der Waals surface area (Å²) in [5.41, 5.74) is -1.35. The van der Waals surface area contributed by atoms with Crippen LogP contribution in [0, 0.1) is 6.92 Å². The first-order valence-corrected chi connectivity index (χ1v) is 5.35. The third-order valence-corrected chi connectivity index (χ3v) is 2.70. The summed E-state index contributed by atoms with van der Waals surface area (Å²) in [6.45, 7) is 1.15. The van der Waals surface area contributed by atoms with E-state index in [4.69, 9.17) is 0 Å². The summed E-state index contributed by atoms with van der Waals surface area (Å²) in [7, 11) is 2.45. The highest BCUT2D eigenvalue weighted by atomic mass is 19.4. The van der Waals surface area contributed by atoms with Crippen molar-refractivity contribution in [3.8, 4) is 0 Å². The van der Waals surface area contributed by atoms with Gasteiger partial charge in [-0.25, -0.2) is 0 Å². The molecule has 0 saturated carbocycles.